The highest BCUT2D eigenvalue weighted by Crippen LogP contribution is 2.44. The van der Waals surface area contributed by atoms with Crippen LogP contribution < -0.4 is 5.32 Å². The van der Waals surface area contributed by atoms with E-state index >= 15 is 0 Å². The van der Waals surface area contributed by atoms with Gasteiger partial charge < -0.3 is 5.32 Å². The van der Waals surface area contributed by atoms with Gasteiger partial charge in [-0.3, -0.25) is 0 Å². The minimum Gasteiger partial charge on any atom is -0.314 e. The molecule has 3 atom stereocenters. The van der Waals surface area contributed by atoms with E-state index in [4.69, 9.17) is 0 Å². The Morgan fingerprint density at radius 3 is 2.15 bits per heavy atom. The first kappa shape index (κ1) is 18.0. The zero-order chi connectivity index (χ0) is 15.3. The van der Waals surface area contributed by atoms with Crippen LogP contribution in [0.3, 0.4) is 0 Å². The normalized spacial score (nSPS) is 28.4. The molecule has 1 heteroatoms. The zero-order valence-corrected chi connectivity index (χ0v) is 15.1. The first-order chi connectivity index (χ1) is 9.20. The van der Waals surface area contributed by atoms with Gasteiger partial charge >= 0.3 is 0 Å². The first-order valence-electron chi connectivity index (χ1n) is 8.93. The number of nitrogens with one attached hydrogen (secondary N) is 1. The van der Waals surface area contributed by atoms with Gasteiger partial charge in [-0.25, -0.2) is 0 Å². The summed E-state index contributed by atoms with van der Waals surface area (Å²) in [4.78, 5) is 0. The van der Waals surface area contributed by atoms with Crippen molar-refractivity contribution in [3.8, 4) is 0 Å². The van der Waals surface area contributed by atoms with E-state index in [1.807, 2.05) is 0 Å². The molecule has 1 fully saturated rings. The summed E-state index contributed by atoms with van der Waals surface area (Å²) in [6, 6.07) is 0.626. The van der Waals surface area contributed by atoms with Crippen LogP contribution >= 0.6 is 0 Å². The summed E-state index contributed by atoms with van der Waals surface area (Å²) in [7, 11) is 0. The average molecular weight is 282 g/mol. The smallest absolute Gasteiger partial charge is 0.00104 e. The zero-order valence-electron chi connectivity index (χ0n) is 15.1. The van der Waals surface area contributed by atoms with E-state index in [0.29, 0.717) is 11.5 Å². The number of hydrogen-bond donors (Lipinski definition) is 1. The Hall–Kier alpha value is -0.0400. The molecule has 1 nitrogen and oxygen atoms in total. The summed E-state index contributed by atoms with van der Waals surface area (Å²) < 4.78 is 0. The average Bonchev–Trinajstić information content (AvgIpc) is 2.32. The maximum Gasteiger partial charge on any atom is 0.00104 e. The molecule has 0 amide bonds. The van der Waals surface area contributed by atoms with Crippen molar-refractivity contribution in [3.05, 3.63) is 0 Å². The van der Waals surface area contributed by atoms with Crippen molar-refractivity contribution in [2.75, 3.05) is 6.54 Å². The van der Waals surface area contributed by atoms with Gasteiger partial charge in [0.1, 0.15) is 0 Å². The highest BCUT2D eigenvalue weighted by molar-refractivity contribution is 4.86. The fourth-order valence-electron chi connectivity index (χ4n) is 3.67. The number of hydrogen-bond acceptors (Lipinski definition) is 1. The molecule has 0 heterocycles. The predicted molar refractivity (Wildman–Crippen MR) is 91.0 cm³/mol. The molecule has 1 saturated carbocycles. The summed E-state index contributed by atoms with van der Waals surface area (Å²) in [5, 5.41) is 3.69. The van der Waals surface area contributed by atoms with Crippen LogP contribution in [0.15, 0.2) is 0 Å². The lowest BCUT2D eigenvalue weighted by atomic mass is 9.64. The molecule has 1 aliphatic carbocycles. The second kappa shape index (κ2) is 7.82. The van der Waals surface area contributed by atoms with Gasteiger partial charge in [-0.2, -0.15) is 0 Å². The lowest BCUT2D eigenvalue weighted by molar-refractivity contribution is 0.0885. The summed E-state index contributed by atoms with van der Waals surface area (Å²) in [6.45, 7) is 17.8. The summed E-state index contributed by atoms with van der Waals surface area (Å²) in [5.74, 6) is 3.63. The molecule has 0 spiro atoms. The molecular weight excluding hydrogens is 242 g/mol. The van der Waals surface area contributed by atoms with Gasteiger partial charge in [0, 0.05) is 6.04 Å². The van der Waals surface area contributed by atoms with Gasteiger partial charge in [-0.1, -0.05) is 54.9 Å². The maximum absolute atomic E-state index is 3.69. The standard InChI is InChI=1S/C19H39N/c1-14(2)8-9-16-12-18(19(5,6)7)11-10-17(16)13-20-15(3)4/h14-18,20H,8-13H2,1-7H3. The molecule has 1 rings (SSSR count). The molecule has 0 aliphatic heterocycles. The van der Waals surface area contributed by atoms with Crippen LogP contribution in [0.4, 0.5) is 0 Å². The quantitative estimate of drug-likeness (QED) is 0.678. The summed E-state index contributed by atoms with van der Waals surface area (Å²) in [5.41, 5.74) is 0.493. The third-order valence-electron chi connectivity index (χ3n) is 5.27. The Bertz CT molecular complexity index is 261. The third-order valence-corrected chi connectivity index (χ3v) is 5.27. The molecule has 0 aromatic rings. The van der Waals surface area contributed by atoms with E-state index in [1.165, 1.54) is 38.6 Å². The molecule has 0 aromatic carbocycles. The van der Waals surface area contributed by atoms with Crippen molar-refractivity contribution in [2.24, 2.45) is 29.1 Å². The Morgan fingerprint density at radius 2 is 1.65 bits per heavy atom. The van der Waals surface area contributed by atoms with Crippen LogP contribution in [0.5, 0.6) is 0 Å². The van der Waals surface area contributed by atoms with Gasteiger partial charge in [-0.15, -0.1) is 0 Å². The molecule has 0 bridgehead atoms. The lowest BCUT2D eigenvalue weighted by Crippen LogP contribution is -2.38. The Kier molecular flexibility index (Phi) is 7.04. The second-order valence-corrected chi connectivity index (χ2v) is 8.93. The third kappa shape index (κ3) is 6.16. The minimum absolute atomic E-state index is 0.493. The van der Waals surface area contributed by atoms with Gasteiger partial charge in [-0.05, 0) is 61.3 Å². The fraction of sp³-hybridized carbons (Fsp3) is 1.00. The van der Waals surface area contributed by atoms with Crippen LogP contribution in [0, 0.1) is 29.1 Å². The minimum atomic E-state index is 0.493. The van der Waals surface area contributed by atoms with Crippen molar-refractivity contribution < 1.29 is 0 Å². The largest absolute Gasteiger partial charge is 0.314 e. The molecular formula is C19H39N. The first-order valence-corrected chi connectivity index (χ1v) is 8.93. The van der Waals surface area contributed by atoms with Crippen LogP contribution in [0.25, 0.3) is 0 Å². The highest BCUT2D eigenvalue weighted by atomic mass is 14.9. The van der Waals surface area contributed by atoms with Crippen molar-refractivity contribution in [2.45, 2.75) is 86.6 Å². The predicted octanol–water partition coefficient (Wildman–Crippen LogP) is 5.50. The summed E-state index contributed by atoms with van der Waals surface area (Å²) in [6.07, 6.45) is 7.17. The fourth-order valence-corrected chi connectivity index (χ4v) is 3.67. The van der Waals surface area contributed by atoms with E-state index in [0.717, 1.165) is 23.7 Å². The highest BCUT2D eigenvalue weighted by Gasteiger charge is 2.35. The van der Waals surface area contributed by atoms with Crippen LogP contribution in [-0.2, 0) is 0 Å². The van der Waals surface area contributed by atoms with Crippen molar-refractivity contribution >= 4 is 0 Å². The SMILES string of the molecule is CC(C)CCC1CC(C(C)(C)C)CCC1CNC(C)C. The lowest BCUT2D eigenvalue weighted by Gasteiger charge is -2.42. The van der Waals surface area contributed by atoms with Crippen LogP contribution in [0.1, 0.15) is 80.6 Å². The monoisotopic (exact) mass is 281 g/mol. The topological polar surface area (TPSA) is 12.0 Å². The van der Waals surface area contributed by atoms with Gasteiger partial charge in [0.2, 0.25) is 0 Å². The van der Waals surface area contributed by atoms with Gasteiger partial charge in [0.15, 0.2) is 0 Å². The molecule has 3 unspecified atom stereocenters. The number of rotatable bonds is 6. The molecule has 0 saturated heterocycles. The van der Waals surface area contributed by atoms with E-state index in [2.05, 4.69) is 53.8 Å². The molecule has 20 heavy (non-hydrogen) atoms. The van der Waals surface area contributed by atoms with E-state index in [9.17, 15) is 0 Å². The maximum atomic E-state index is 3.69. The molecule has 0 radical (unpaired) electrons. The Labute approximate surface area is 128 Å². The molecule has 1 N–H and O–H groups in total. The van der Waals surface area contributed by atoms with Crippen LogP contribution in [-0.4, -0.2) is 12.6 Å². The Balaban J connectivity index is 2.59. The van der Waals surface area contributed by atoms with Crippen molar-refractivity contribution in [1.29, 1.82) is 0 Å². The van der Waals surface area contributed by atoms with Crippen molar-refractivity contribution in [3.63, 3.8) is 0 Å². The molecule has 120 valence electrons. The second-order valence-electron chi connectivity index (χ2n) is 8.93. The Morgan fingerprint density at radius 1 is 1.00 bits per heavy atom. The van der Waals surface area contributed by atoms with Gasteiger partial charge in [0.05, 0.1) is 0 Å². The van der Waals surface area contributed by atoms with E-state index in [1.54, 1.807) is 0 Å². The molecule has 0 aromatic heterocycles. The van der Waals surface area contributed by atoms with Crippen molar-refractivity contribution in [1.82, 2.24) is 5.32 Å². The van der Waals surface area contributed by atoms with E-state index < -0.39 is 0 Å². The molecule has 1 aliphatic rings. The van der Waals surface area contributed by atoms with Crippen LogP contribution in [0.2, 0.25) is 0 Å². The van der Waals surface area contributed by atoms with Gasteiger partial charge in [0.25, 0.3) is 0 Å². The van der Waals surface area contributed by atoms with E-state index in [-0.39, 0.29) is 0 Å². The summed E-state index contributed by atoms with van der Waals surface area (Å²) >= 11 is 0.